The van der Waals surface area contributed by atoms with Crippen molar-refractivity contribution in [2.45, 2.75) is 38.3 Å². The van der Waals surface area contributed by atoms with Crippen LogP contribution in [0, 0.1) is 0 Å². The molecular formula is C16H22N4O2. The number of aromatic nitrogens is 3. The molecule has 1 atom stereocenters. The number of ether oxygens (including phenoxy) is 1. The van der Waals surface area contributed by atoms with Gasteiger partial charge in [-0.15, -0.1) is 0 Å². The number of carbonyl (C=O) groups is 1. The predicted octanol–water partition coefficient (Wildman–Crippen LogP) is 1.90. The Morgan fingerprint density at radius 3 is 2.82 bits per heavy atom. The maximum atomic E-state index is 12.6. The van der Waals surface area contributed by atoms with Gasteiger partial charge in [0.05, 0.1) is 11.8 Å². The van der Waals surface area contributed by atoms with Crippen LogP contribution in [-0.2, 0) is 11.8 Å². The van der Waals surface area contributed by atoms with Gasteiger partial charge in [-0.2, -0.15) is 5.10 Å². The largest absolute Gasteiger partial charge is 0.375 e. The van der Waals surface area contributed by atoms with E-state index in [1.54, 1.807) is 10.9 Å². The van der Waals surface area contributed by atoms with Crippen molar-refractivity contribution >= 4 is 5.91 Å². The molecule has 2 aromatic heterocycles. The van der Waals surface area contributed by atoms with Crippen LogP contribution in [0.3, 0.4) is 0 Å². The first-order valence-corrected chi connectivity index (χ1v) is 7.56. The zero-order valence-corrected chi connectivity index (χ0v) is 13.2. The molecule has 1 aliphatic rings. The third-order valence-corrected chi connectivity index (χ3v) is 4.03. The van der Waals surface area contributed by atoms with Crippen molar-refractivity contribution in [3.63, 3.8) is 0 Å². The van der Waals surface area contributed by atoms with Crippen LogP contribution in [0.15, 0.2) is 30.7 Å². The SMILES string of the molecule is Cn1ncc(C(=O)N[C@@H]2CCOC(C)(C)C2)c1-n1cccc1. The van der Waals surface area contributed by atoms with Gasteiger partial charge in [-0.1, -0.05) is 0 Å². The van der Waals surface area contributed by atoms with Gasteiger partial charge in [0.25, 0.3) is 5.91 Å². The molecule has 6 nitrogen and oxygen atoms in total. The van der Waals surface area contributed by atoms with Gasteiger partial charge in [-0.05, 0) is 38.8 Å². The third kappa shape index (κ3) is 2.92. The van der Waals surface area contributed by atoms with E-state index in [0.29, 0.717) is 12.2 Å². The summed E-state index contributed by atoms with van der Waals surface area (Å²) in [5.74, 6) is 0.688. The van der Waals surface area contributed by atoms with Crippen LogP contribution >= 0.6 is 0 Å². The number of nitrogens with zero attached hydrogens (tertiary/aromatic N) is 3. The van der Waals surface area contributed by atoms with E-state index in [1.807, 2.05) is 36.1 Å². The Balaban J connectivity index is 1.79. The van der Waals surface area contributed by atoms with Crippen LogP contribution < -0.4 is 5.32 Å². The summed E-state index contributed by atoms with van der Waals surface area (Å²) in [6.07, 6.45) is 7.10. The van der Waals surface area contributed by atoms with E-state index < -0.39 is 0 Å². The zero-order valence-electron chi connectivity index (χ0n) is 13.2. The van der Waals surface area contributed by atoms with Crippen molar-refractivity contribution in [1.29, 1.82) is 0 Å². The fourth-order valence-corrected chi connectivity index (χ4v) is 2.99. The molecule has 3 rings (SSSR count). The standard InChI is InChI=1S/C16H22N4O2/c1-16(2)10-12(6-9-22-16)18-14(21)13-11-17-19(3)15(13)20-7-4-5-8-20/h4-5,7-8,11-12H,6,9-10H2,1-3H3,(H,18,21)/t12-/m1/s1. The first-order chi connectivity index (χ1) is 10.5. The molecule has 0 aliphatic carbocycles. The Bertz CT molecular complexity index is 658. The van der Waals surface area contributed by atoms with Gasteiger partial charge in [0.1, 0.15) is 11.4 Å². The normalized spacial score (nSPS) is 20.8. The minimum absolute atomic E-state index is 0.0838. The highest BCUT2D eigenvalue weighted by Gasteiger charge is 2.30. The van der Waals surface area contributed by atoms with Crippen molar-refractivity contribution < 1.29 is 9.53 Å². The molecule has 1 amide bonds. The van der Waals surface area contributed by atoms with Crippen LogP contribution in [0.5, 0.6) is 0 Å². The van der Waals surface area contributed by atoms with E-state index in [2.05, 4.69) is 24.3 Å². The molecule has 0 unspecified atom stereocenters. The molecule has 1 fully saturated rings. The van der Waals surface area contributed by atoms with Gasteiger partial charge in [-0.3, -0.25) is 9.48 Å². The summed E-state index contributed by atoms with van der Waals surface area (Å²) in [6, 6.07) is 3.99. The van der Waals surface area contributed by atoms with Crippen LogP contribution in [0.2, 0.25) is 0 Å². The number of hydrogen-bond donors (Lipinski definition) is 1. The first kappa shape index (κ1) is 14.8. The van der Waals surface area contributed by atoms with Crippen molar-refractivity contribution in [2.24, 2.45) is 7.05 Å². The fraction of sp³-hybridized carbons (Fsp3) is 0.500. The molecule has 6 heteroatoms. The topological polar surface area (TPSA) is 61.1 Å². The zero-order chi connectivity index (χ0) is 15.7. The van der Waals surface area contributed by atoms with Crippen LogP contribution in [0.4, 0.5) is 0 Å². The van der Waals surface area contributed by atoms with Gasteiger partial charge in [0, 0.05) is 32.1 Å². The summed E-state index contributed by atoms with van der Waals surface area (Å²) in [7, 11) is 1.84. The Morgan fingerprint density at radius 1 is 1.41 bits per heavy atom. The molecular weight excluding hydrogens is 280 g/mol. The monoisotopic (exact) mass is 302 g/mol. The Hall–Kier alpha value is -2.08. The van der Waals surface area contributed by atoms with E-state index in [4.69, 9.17) is 4.74 Å². The molecule has 22 heavy (non-hydrogen) atoms. The van der Waals surface area contributed by atoms with E-state index in [9.17, 15) is 4.79 Å². The second-order valence-electron chi connectivity index (χ2n) is 6.37. The molecule has 1 aliphatic heterocycles. The van der Waals surface area contributed by atoms with E-state index >= 15 is 0 Å². The molecule has 0 aromatic carbocycles. The predicted molar refractivity (Wildman–Crippen MR) is 83.1 cm³/mol. The smallest absolute Gasteiger partial charge is 0.256 e. The molecule has 0 bridgehead atoms. The molecule has 3 heterocycles. The molecule has 2 aromatic rings. The summed E-state index contributed by atoms with van der Waals surface area (Å²) < 4.78 is 9.31. The lowest BCUT2D eigenvalue weighted by molar-refractivity contribution is -0.0615. The lowest BCUT2D eigenvalue weighted by Gasteiger charge is -2.35. The van der Waals surface area contributed by atoms with Crippen molar-refractivity contribution in [2.75, 3.05) is 6.61 Å². The third-order valence-electron chi connectivity index (χ3n) is 4.03. The van der Waals surface area contributed by atoms with Crippen LogP contribution in [0.25, 0.3) is 5.82 Å². The fourth-order valence-electron chi connectivity index (χ4n) is 2.99. The van der Waals surface area contributed by atoms with Crippen molar-refractivity contribution in [3.05, 3.63) is 36.3 Å². The van der Waals surface area contributed by atoms with Gasteiger partial charge in [-0.25, -0.2) is 0 Å². The molecule has 0 saturated carbocycles. The highest BCUT2D eigenvalue weighted by atomic mass is 16.5. The summed E-state index contributed by atoms with van der Waals surface area (Å²) in [5, 5.41) is 7.35. The van der Waals surface area contributed by atoms with E-state index in [0.717, 1.165) is 18.7 Å². The van der Waals surface area contributed by atoms with Crippen LogP contribution in [-0.4, -0.2) is 38.5 Å². The highest BCUT2D eigenvalue weighted by molar-refractivity contribution is 5.97. The summed E-state index contributed by atoms with van der Waals surface area (Å²) in [5.41, 5.74) is 0.400. The lowest BCUT2D eigenvalue weighted by Crippen LogP contribution is -2.45. The second-order valence-corrected chi connectivity index (χ2v) is 6.37. The average molecular weight is 302 g/mol. The van der Waals surface area contributed by atoms with E-state index in [1.165, 1.54) is 0 Å². The lowest BCUT2D eigenvalue weighted by atomic mass is 9.94. The second kappa shape index (κ2) is 5.61. The van der Waals surface area contributed by atoms with Crippen molar-refractivity contribution in [3.8, 4) is 5.82 Å². The summed E-state index contributed by atoms with van der Waals surface area (Å²) >= 11 is 0. The Labute approximate surface area is 130 Å². The maximum Gasteiger partial charge on any atom is 0.256 e. The molecule has 0 radical (unpaired) electrons. The quantitative estimate of drug-likeness (QED) is 0.942. The van der Waals surface area contributed by atoms with Crippen molar-refractivity contribution in [1.82, 2.24) is 19.7 Å². The first-order valence-electron chi connectivity index (χ1n) is 7.56. The highest BCUT2D eigenvalue weighted by Crippen LogP contribution is 2.24. The number of rotatable bonds is 3. The summed E-state index contributed by atoms with van der Waals surface area (Å²) in [6.45, 7) is 4.79. The maximum absolute atomic E-state index is 12.6. The average Bonchev–Trinajstić information content (AvgIpc) is 3.06. The molecule has 1 saturated heterocycles. The number of hydrogen-bond acceptors (Lipinski definition) is 3. The van der Waals surface area contributed by atoms with Gasteiger partial charge < -0.3 is 14.6 Å². The molecule has 0 spiro atoms. The van der Waals surface area contributed by atoms with Crippen LogP contribution in [0.1, 0.15) is 37.0 Å². The van der Waals surface area contributed by atoms with Gasteiger partial charge >= 0.3 is 0 Å². The number of amides is 1. The molecule has 1 N–H and O–H groups in total. The summed E-state index contributed by atoms with van der Waals surface area (Å²) in [4.78, 5) is 12.6. The minimum Gasteiger partial charge on any atom is -0.375 e. The van der Waals surface area contributed by atoms with Gasteiger partial charge in [0.15, 0.2) is 0 Å². The number of nitrogens with one attached hydrogen (secondary N) is 1. The Kier molecular flexibility index (Phi) is 3.78. The van der Waals surface area contributed by atoms with E-state index in [-0.39, 0.29) is 17.6 Å². The Morgan fingerprint density at radius 2 is 2.14 bits per heavy atom. The number of carbonyl (C=O) groups excluding carboxylic acids is 1. The van der Waals surface area contributed by atoms with Gasteiger partial charge in [0.2, 0.25) is 0 Å². The minimum atomic E-state index is -0.186. The number of aryl methyl sites for hydroxylation is 1. The molecule has 118 valence electrons.